The lowest BCUT2D eigenvalue weighted by atomic mass is 10.1. The predicted octanol–water partition coefficient (Wildman–Crippen LogP) is 0.550. The molecule has 2 rings (SSSR count). The van der Waals surface area contributed by atoms with E-state index in [1.807, 2.05) is 0 Å². The van der Waals surface area contributed by atoms with Crippen molar-refractivity contribution in [2.75, 3.05) is 0 Å². The Morgan fingerprint density at radius 2 is 2.06 bits per heavy atom. The fourth-order valence-corrected chi connectivity index (χ4v) is 1.62. The Labute approximate surface area is 96.0 Å². The first-order valence-corrected chi connectivity index (χ1v) is 4.80. The zero-order valence-corrected chi connectivity index (χ0v) is 9.21. The van der Waals surface area contributed by atoms with Gasteiger partial charge in [-0.15, -0.1) is 0 Å². The number of aromatic nitrogens is 2. The minimum Gasteiger partial charge on any atom is -0.539 e. The molecule has 0 aliphatic rings. The van der Waals surface area contributed by atoms with Crippen LogP contribution in [0.5, 0.6) is 5.95 Å². The molecule has 0 spiro atoms. The number of nitro groups is 1. The lowest BCUT2D eigenvalue weighted by Crippen LogP contribution is -2.32. The third kappa shape index (κ3) is 1.94. The SMILES string of the molecule is Cc1cc(C)c(-[n+]2cc([O-])on2)cc1[N+](=O)[O-]. The van der Waals surface area contributed by atoms with Crippen molar-refractivity contribution in [1.29, 1.82) is 0 Å². The highest BCUT2D eigenvalue weighted by atomic mass is 16.6. The van der Waals surface area contributed by atoms with Crippen LogP contribution in [0.15, 0.2) is 22.9 Å². The summed E-state index contributed by atoms with van der Waals surface area (Å²) in [5.41, 5.74) is 1.76. The van der Waals surface area contributed by atoms with Gasteiger partial charge in [0.25, 0.3) is 5.69 Å². The van der Waals surface area contributed by atoms with E-state index in [2.05, 4.69) is 9.79 Å². The van der Waals surface area contributed by atoms with E-state index in [0.29, 0.717) is 11.3 Å². The van der Waals surface area contributed by atoms with Crippen LogP contribution in [-0.4, -0.2) is 10.2 Å². The molecule has 1 aromatic heterocycles. The number of aryl methyl sites for hydroxylation is 2. The normalized spacial score (nSPS) is 10.5. The Kier molecular flexibility index (Phi) is 2.51. The third-order valence-corrected chi connectivity index (χ3v) is 2.40. The van der Waals surface area contributed by atoms with E-state index in [1.54, 1.807) is 19.9 Å². The Morgan fingerprint density at radius 1 is 1.35 bits per heavy atom. The van der Waals surface area contributed by atoms with Crippen LogP contribution < -0.4 is 9.79 Å². The van der Waals surface area contributed by atoms with E-state index in [4.69, 9.17) is 0 Å². The molecule has 7 nitrogen and oxygen atoms in total. The summed E-state index contributed by atoms with van der Waals surface area (Å²) in [6.45, 7) is 3.43. The molecule has 0 radical (unpaired) electrons. The standard InChI is InChI=1S/C10H9N3O4/c1-6-3-7(2)9(13(15)16)4-8(6)12-5-10(14)17-11-12/h3-5H,1-2H3. The molecule has 1 aromatic carbocycles. The zero-order valence-electron chi connectivity index (χ0n) is 9.21. The van der Waals surface area contributed by atoms with E-state index in [-0.39, 0.29) is 5.69 Å². The minimum absolute atomic E-state index is 0.0199. The first-order chi connectivity index (χ1) is 7.99. The number of nitro benzene ring substituents is 1. The Balaban J connectivity index is 2.62. The number of hydrogen-bond acceptors (Lipinski definition) is 5. The van der Waals surface area contributed by atoms with Crippen molar-refractivity contribution in [1.82, 2.24) is 5.27 Å². The van der Waals surface area contributed by atoms with Crippen LogP contribution in [0.3, 0.4) is 0 Å². The van der Waals surface area contributed by atoms with Crippen molar-refractivity contribution in [3.8, 4) is 11.6 Å². The molecule has 0 saturated carbocycles. The van der Waals surface area contributed by atoms with E-state index in [9.17, 15) is 15.2 Å². The van der Waals surface area contributed by atoms with Crippen LogP contribution in [0.1, 0.15) is 11.1 Å². The summed E-state index contributed by atoms with van der Waals surface area (Å²) in [6, 6.07) is 3.03. The second-order valence-corrected chi connectivity index (χ2v) is 3.65. The van der Waals surface area contributed by atoms with Crippen molar-refractivity contribution in [2.45, 2.75) is 13.8 Å². The summed E-state index contributed by atoms with van der Waals surface area (Å²) in [5, 5.41) is 25.2. The highest BCUT2D eigenvalue weighted by Crippen LogP contribution is 2.22. The van der Waals surface area contributed by atoms with Crippen LogP contribution in [0, 0.1) is 24.0 Å². The van der Waals surface area contributed by atoms with Gasteiger partial charge in [0.1, 0.15) is 5.95 Å². The maximum absolute atomic E-state index is 10.9. The van der Waals surface area contributed by atoms with Crippen LogP contribution in [0.4, 0.5) is 5.69 Å². The molecule has 7 heteroatoms. The largest absolute Gasteiger partial charge is 0.539 e. The summed E-state index contributed by atoms with van der Waals surface area (Å²) in [6.07, 6.45) is 1.13. The van der Waals surface area contributed by atoms with E-state index >= 15 is 0 Å². The Bertz CT molecular complexity index is 591. The molecule has 0 fully saturated rings. The van der Waals surface area contributed by atoms with Crippen molar-refractivity contribution in [2.24, 2.45) is 0 Å². The lowest BCUT2D eigenvalue weighted by molar-refractivity contribution is -0.671. The van der Waals surface area contributed by atoms with Gasteiger partial charge in [0.2, 0.25) is 11.9 Å². The molecular weight excluding hydrogens is 226 g/mol. The van der Waals surface area contributed by atoms with Gasteiger partial charge >= 0.3 is 0 Å². The molecule has 88 valence electrons. The fraction of sp³-hybridized carbons (Fsp3) is 0.200. The number of benzene rings is 1. The van der Waals surface area contributed by atoms with Gasteiger partial charge in [-0.3, -0.25) is 10.1 Å². The molecule has 0 amide bonds. The van der Waals surface area contributed by atoms with Crippen molar-refractivity contribution in [3.63, 3.8) is 0 Å². The molecule has 0 aliphatic heterocycles. The van der Waals surface area contributed by atoms with Crippen LogP contribution in [0.2, 0.25) is 0 Å². The van der Waals surface area contributed by atoms with Gasteiger partial charge in [-0.05, 0) is 24.6 Å². The Morgan fingerprint density at radius 3 is 2.59 bits per heavy atom. The Hall–Kier alpha value is -2.44. The van der Waals surface area contributed by atoms with Gasteiger partial charge in [-0.1, -0.05) is 0 Å². The predicted molar refractivity (Wildman–Crippen MR) is 53.6 cm³/mol. The molecule has 17 heavy (non-hydrogen) atoms. The number of rotatable bonds is 2. The van der Waals surface area contributed by atoms with Crippen molar-refractivity contribution in [3.05, 3.63) is 39.6 Å². The molecular formula is C10H9N3O4. The second kappa shape index (κ2) is 3.85. The summed E-state index contributed by atoms with van der Waals surface area (Å²) in [7, 11) is 0. The average molecular weight is 235 g/mol. The highest BCUT2D eigenvalue weighted by molar-refractivity contribution is 5.49. The van der Waals surface area contributed by atoms with Crippen molar-refractivity contribution < 1.29 is 19.2 Å². The van der Waals surface area contributed by atoms with Gasteiger partial charge in [-0.25, -0.2) is 0 Å². The number of hydrogen-bond donors (Lipinski definition) is 0. The molecule has 0 bridgehead atoms. The van der Waals surface area contributed by atoms with Crippen LogP contribution in [0.25, 0.3) is 5.69 Å². The molecule has 0 N–H and O–H groups in total. The van der Waals surface area contributed by atoms with Crippen LogP contribution in [-0.2, 0) is 0 Å². The first kappa shape index (κ1) is 11.1. The quantitative estimate of drug-likeness (QED) is 0.430. The topological polar surface area (TPSA) is 96.1 Å². The fourth-order valence-electron chi connectivity index (χ4n) is 1.62. The van der Waals surface area contributed by atoms with Gasteiger partial charge in [0, 0.05) is 11.1 Å². The highest BCUT2D eigenvalue weighted by Gasteiger charge is 2.20. The molecule has 0 atom stereocenters. The molecule has 2 aromatic rings. The summed E-state index contributed by atoms with van der Waals surface area (Å²) in [5.74, 6) is -0.604. The smallest absolute Gasteiger partial charge is 0.279 e. The van der Waals surface area contributed by atoms with Gasteiger partial charge in [0.05, 0.1) is 16.3 Å². The van der Waals surface area contributed by atoms with E-state index < -0.39 is 10.9 Å². The molecule has 0 saturated heterocycles. The van der Waals surface area contributed by atoms with Gasteiger partial charge < -0.3 is 9.63 Å². The van der Waals surface area contributed by atoms with Gasteiger partial charge in [-0.2, -0.15) is 0 Å². The zero-order chi connectivity index (χ0) is 12.6. The maximum atomic E-state index is 10.9. The van der Waals surface area contributed by atoms with E-state index in [0.717, 1.165) is 11.8 Å². The maximum Gasteiger partial charge on any atom is 0.279 e. The molecule has 0 aliphatic carbocycles. The lowest BCUT2D eigenvalue weighted by Gasteiger charge is -2.00. The van der Waals surface area contributed by atoms with Gasteiger partial charge in [0.15, 0.2) is 0 Å². The summed E-state index contributed by atoms with van der Waals surface area (Å²) >= 11 is 0. The monoisotopic (exact) mass is 235 g/mol. The molecule has 1 heterocycles. The molecule has 0 unspecified atom stereocenters. The second-order valence-electron chi connectivity index (χ2n) is 3.65. The van der Waals surface area contributed by atoms with Crippen molar-refractivity contribution >= 4 is 5.69 Å². The average Bonchev–Trinajstić information content (AvgIpc) is 2.64. The first-order valence-electron chi connectivity index (χ1n) is 4.80. The minimum atomic E-state index is -0.604. The summed E-state index contributed by atoms with van der Waals surface area (Å²) < 4.78 is 5.58. The third-order valence-electron chi connectivity index (χ3n) is 2.40. The van der Waals surface area contributed by atoms with Crippen LogP contribution >= 0.6 is 0 Å². The number of nitrogens with zero attached hydrogens (tertiary/aromatic N) is 3. The van der Waals surface area contributed by atoms with E-state index in [1.165, 1.54) is 10.7 Å². The summed E-state index contributed by atoms with van der Waals surface area (Å²) in [4.78, 5) is 10.3.